The molecule has 0 aliphatic heterocycles. The highest BCUT2D eigenvalue weighted by molar-refractivity contribution is 9.10. The Balaban J connectivity index is 2.48. The molecular weight excluding hydrogens is 310 g/mol. The molecule has 0 bridgehead atoms. The van der Waals surface area contributed by atoms with Crippen LogP contribution >= 0.6 is 38.9 Å². The monoisotopic (exact) mass is 325 g/mol. The summed E-state index contributed by atoms with van der Waals surface area (Å²) in [6.07, 6.45) is 0. The van der Waals surface area contributed by atoms with E-state index in [0.717, 1.165) is 22.0 Å². The molecule has 1 heterocycles. The van der Waals surface area contributed by atoms with Crippen LogP contribution in [0.1, 0.15) is 18.7 Å². The average molecular weight is 327 g/mol. The Hall–Kier alpha value is 0.390. The van der Waals surface area contributed by atoms with Gasteiger partial charge in [-0.05, 0) is 27.9 Å². The molecule has 0 spiro atoms. The molecule has 0 saturated carbocycles. The Bertz CT molecular complexity index is 310. The lowest BCUT2D eigenvalue weighted by molar-refractivity contribution is 0.146. The van der Waals surface area contributed by atoms with E-state index in [1.807, 2.05) is 0 Å². The molecule has 0 saturated heterocycles. The van der Waals surface area contributed by atoms with Crippen LogP contribution < -0.4 is 5.32 Å². The predicted octanol–water partition coefficient (Wildman–Crippen LogP) is 3.92. The van der Waals surface area contributed by atoms with Gasteiger partial charge in [-0.3, -0.25) is 0 Å². The summed E-state index contributed by atoms with van der Waals surface area (Å²) < 4.78 is 6.97. The molecule has 1 N–H and O–H groups in total. The Morgan fingerprint density at radius 2 is 2.25 bits per heavy atom. The third kappa shape index (κ3) is 4.34. The van der Waals surface area contributed by atoms with Crippen molar-refractivity contribution in [3.63, 3.8) is 0 Å². The zero-order valence-corrected chi connectivity index (χ0v) is 12.9. The summed E-state index contributed by atoms with van der Waals surface area (Å²) in [5.74, 6) is 0.554. The summed E-state index contributed by atoms with van der Waals surface area (Å²) in [5, 5.41) is 3.48. The topological polar surface area (TPSA) is 21.3 Å². The summed E-state index contributed by atoms with van der Waals surface area (Å²) in [6.45, 7) is 5.95. The number of nitrogens with one attached hydrogen (secondary N) is 1. The van der Waals surface area contributed by atoms with Crippen LogP contribution in [0.2, 0.25) is 4.34 Å². The van der Waals surface area contributed by atoms with Gasteiger partial charge < -0.3 is 10.1 Å². The van der Waals surface area contributed by atoms with Crippen LogP contribution in [0.5, 0.6) is 0 Å². The maximum Gasteiger partial charge on any atom is 0.107 e. The normalized spacial score (nSPS) is 13.4. The van der Waals surface area contributed by atoms with Crippen molar-refractivity contribution in [2.45, 2.75) is 26.4 Å². The molecule has 1 rings (SSSR count). The largest absolute Gasteiger partial charge is 0.383 e. The summed E-state index contributed by atoms with van der Waals surface area (Å²) in [7, 11) is 1.73. The second-order valence-corrected chi connectivity index (χ2v) is 6.61. The van der Waals surface area contributed by atoms with E-state index in [0.29, 0.717) is 12.0 Å². The first-order chi connectivity index (χ1) is 7.54. The van der Waals surface area contributed by atoms with Gasteiger partial charge in [0, 0.05) is 29.0 Å². The van der Waals surface area contributed by atoms with Crippen molar-refractivity contribution in [2.75, 3.05) is 13.7 Å². The molecule has 92 valence electrons. The number of rotatable bonds is 6. The van der Waals surface area contributed by atoms with Gasteiger partial charge in [-0.2, -0.15) is 0 Å². The quantitative estimate of drug-likeness (QED) is 0.855. The molecule has 0 aliphatic rings. The van der Waals surface area contributed by atoms with Gasteiger partial charge in [0.1, 0.15) is 4.34 Å². The Morgan fingerprint density at radius 3 is 2.69 bits per heavy atom. The fourth-order valence-corrected chi connectivity index (χ4v) is 3.12. The molecule has 0 aliphatic carbocycles. The van der Waals surface area contributed by atoms with Crippen LogP contribution in [0.15, 0.2) is 10.5 Å². The van der Waals surface area contributed by atoms with E-state index in [4.69, 9.17) is 16.3 Å². The fraction of sp³-hybridized carbons (Fsp3) is 0.636. The van der Waals surface area contributed by atoms with Gasteiger partial charge >= 0.3 is 0 Å². The number of hydrogen-bond donors (Lipinski definition) is 1. The van der Waals surface area contributed by atoms with Gasteiger partial charge in [0.05, 0.1) is 6.61 Å². The highest BCUT2D eigenvalue weighted by atomic mass is 79.9. The molecule has 1 aromatic rings. The van der Waals surface area contributed by atoms with Crippen molar-refractivity contribution in [3.05, 3.63) is 19.8 Å². The first-order valence-electron chi connectivity index (χ1n) is 5.20. The molecule has 2 nitrogen and oxygen atoms in total. The highest BCUT2D eigenvalue weighted by Gasteiger charge is 2.13. The maximum atomic E-state index is 5.99. The fourth-order valence-electron chi connectivity index (χ4n) is 1.38. The van der Waals surface area contributed by atoms with E-state index in [9.17, 15) is 0 Å². The summed E-state index contributed by atoms with van der Waals surface area (Å²) in [6, 6.07) is 2.44. The van der Waals surface area contributed by atoms with Crippen molar-refractivity contribution in [2.24, 2.45) is 5.92 Å². The van der Waals surface area contributed by atoms with E-state index in [-0.39, 0.29) is 0 Å². The van der Waals surface area contributed by atoms with Crippen molar-refractivity contribution in [3.8, 4) is 0 Å². The molecule has 0 amide bonds. The molecule has 0 fully saturated rings. The lowest BCUT2D eigenvalue weighted by Gasteiger charge is -2.21. The molecule has 1 atom stereocenters. The highest BCUT2D eigenvalue weighted by Crippen LogP contribution is 2.31. The third-order valence-corrected chi connectivity index (χ3v) is 4.86. The van der Waals surface area contributed by atoms with E-state index in [2.05, 4.69) is 41.2 Å². The molecule has 16 heavy (non-hydrogen) atoms. The van der Waals surface area contributed by atoms with Crippen molar-refractivity contribution in [1.82, 2.24) is 5.32 Å². The number of thiophene rings is 1. The van der Waals surface area contributed by atoms with Crippen molar-refractivity contribution >= 4 is 38.9 Å². The van der Waals surface area contributed by atoms with Crippen LogP contribution in [-0.2, 0) is 11.3 Å². The average Bonchev–Trinajstić information content (AvgIpc) is 2.53. The van der Waals surface area contributed by atoms with Crippen LogP contribution in [-0.4, -0.2) is 19.8 Å². The first-order valence-corrected chi connectivity index (χ1v) is 7.19. The van der Waals surface area contributed by atoms with Gasteiger partial charge in [-0.1, -0.05) is 25.4 Å². The van der Waals surface area contributed by atoms with Crippen LogP contribution in [0.25, 0.3) is 0 Å². The Kier molecular flexibility index (Phi) is 6.29. The van der Waals surface area contributed by atoms with Crippen LogP contribution in [0, 0.1) is 5.92 Å². The predicted molar refractivity (Wildman–Crippen MR) is 74.4 cm³/mol. The van der Waals surface area contributed by atoms with E-state index in [1.54, 1.807) is 18.4 Å². The second-order valence-electron chi connectivity index (χ2n) is 4.02. The Morgan fingerprint density at radius 1 is 1.56 bits per heavy atom. The Labute approximate surface area is 114 Å². The minimum Gasteiger partial charge on any atom is -0.383 e. The van der Waals surface area contributed by atoms with E-state index in [1.165, 1.54) is 4.88 Å². The zero-order chi connectivity index (χ0) is 12.1. The summed E-state index contributed by atoms with van der Waals surface area (Å²) >= 11 is 11.0. The lowest BCUT2D eigenvalue weighted by Crippen LogP contribution is -2.37. The summed E-state index contributed by atoms with van der Waals surface area (Å²) in [4.78, 5) is 1.23. The number of methoxy groups -OCH3 is 1. The van der Waals surface area contributed by atoms with E-state index >= 15 is 0 Å². The molecule has 0 radical (unpaired) electrons. The minimum absolute atomic E-state index is 0.379. The SMILES string of the molecule is COCC(NCc1cc(Br)c(Cl)s1)C(C)C. The van der Waals surface area contributed by atoms with Gasteiger partial charge in [0.25, 0.3) is 0 Å². The standard InChI is InChI=1S/C11H17BrClNOS/c1-7(2)10(6-15-3)14-5-8-4-9(12)11(13)16-8/h4,7,10,14H,5-6H2,1-3H3. The van der Waals surface area contributed by atoms with Crippen molar-refractivity contribution < 1.29 is 4.74 Å². The molecule has 1 unspecified atom stereocenters. The molecule has 5 heteroatoms. The zero-order valence-electron chi connectivity index (χ0n) is 9.72. The molecule has 0 aromatic carbocycles. The smallest absolute Gasteiger partial charge is 0.107 e. The number of hydrogen-bond acceptors (Lipinski definition) is 3. The number of halogens is 2. The van der Waals surface area contributed by atoms with Gasteiger partial charge in [0.15, 0.2) is 0 Å². The van der Waals surface area contributed by atoms with Gasteiger partial charge in [-0.15, -0.1) is 11.3 Å². The van der Waals surface area contributed by atoms with Gasteiger partial charge in [-0.25, -0.2) is 0 Å². The first kappa shape index (κ1) is 14.5. The maximum absolute atomic E-state index is 5.99. The molecular formula is C11H17BrClNOS. The van der Waals surface area contributed by atoms with E-state index < -0.39 is 0 Å². The van der Waals surface area contributed by atoms with Crippen molar-refractivity contribution in [1.29, 1.82) is 0 Å². The molecule has 1 aromatic heterocycles. The van der Waals surface area contributed by atoms with Gasteiger partial charge in [0.2, 0.25) is 0 Å². The van der Waals surface area contributed by atoms with Crippen LogP contribution in [0.4, 0.5) is 0 Å². The second kappa shape index (κ2) is 6.97. The number of ether oxygens (including phenoxy) is 1. The van der Waals surface area contributed by atoms with Crippen LogP contribution in [0.3, 0.4) is 0 Å². The summed E-state index contributed by atoms with van der Waals surface area (Å²) in [5.41, 5.74) is 0. The third-order valence-electron chi connectivity index (χ3n) is 2.39. The lowest BCUT2D eigenvalue weighted by atomic mass is 10.1. The minimum atomic E-state index is 0.379.